The molecule has 8 nitrogen and oxygen atoms in total. The number of ether oxygens (including phenoxy) is 3. The summed E-state index contributed by atoms with van der Waals surface area (Å²) in [5, 5.41) is 8.19. The van der Waals surface area contributed by atoms with Crippen molar-refractivity contribution in [1.82, 2.24) is 10.6 Å². The number of para-hydroxylation sites is 1. The van der Waals surface area contributed by atoms with Crippen LogP contribution in [-0.4, -0.2) is 48.3 Å². The lowest BCUT2D eigenvalue weighted by Crippen LogP contribution is -2.56. The van der Waals surface area contributed by atoms with Gasteiger partial charge in [0.05, 0.1) is 39.0 Å². The Bertz CT molecular complexity index is 1020. The Labute approximate surface area is 211 Å². The van der Waals surface area contributed by atoms with Crippen molar-refractivity contribution < 1.29 is 23.8 Å². The van der Waals surface area contributed by atoms with Crippen LogP contribution in [0.4, 0.5) is 5.69 Å². The number of thiocarbonyl (C=S) groups is 1. The van der Waals surface area contributed by atoms with Gasteiger partial charge in [-0.1, -0.05) is 53.0 Å². The Kier molecular flexibility index (Phi) is 9.85. The molecule has 33 heavy (non-hydrogen) atoms. The summed E-state index contributed by atoms with van der Waals surface area (Å²) < 4.78 is 13.3. The van der Waals surface area contributed by atoms with Crippen LogP contribution >= 0.6 is 47.0 Å². The Hall–Kier alpha value is -2.46. The highest BCUT2D eigenvalue weighted by atomic mass is 35.6. The van der Waals surface area contributed by atoms with E-state index in [4.69, 9.17) is 61.2 Å². The number of carbonyl (C=O) groups excluding carboxylic acids is 2. The third-order valence-corrected chi connectivity index (χ3v) is 5.21. The first-order chi connectivity index (χ1) is 15.6. The molecule has 2 aromatic rings. The number of hydrogen-bond acceptors (Lipinski definition) is 6. The SMILES string of the molecule is COC(=O)c1ccccc1NC(=S)NC(NC(=O)Cc1ccc(OC)cc1OC)C(Cl)(Cl)Cl. The van der Waals surface area contributed by atoms with E-state index in [0.717, 1.165) is 0 Å². The first kappa shape index (κ1) is 26.8. The molecule has 0 radical (unpaired) electrons. The second-order valence-electron chi connectivity index (χ2n) is 6.53. The number of hydrogen-bond donors (Lipinski definition) is 3. The highest BCUT2D eigenvalue weighted by Crippen LogP contribution is 2.30. The van der Waals surface area contributed by atoms with Crippen molar-refractivity contribution in [3.8, 4) is 11.5 Å². The zero-order chi connectivity index (χ0) is 24.6. The summed E-state index contributed by atoms with van der Waals surface area (Å²) in [6.45, 7) is 0. The average Bonchev–Trinajstić information content (AvgIpc) is 2.78. The van der Waals surface area contributed by atoms with Crippen molar-refractivity contribution in [3.05, 3.63) is 53.6 Å². The zero-order valence-electron chi connectivity index (χ0n) is 17.9. The molecule has 0 aliphatic carbocycles. The van der Waals surface area contributed by atoms with Gasteiger partial charge in [-0.15, -0.1) is 0 Å². The van der Waals surface area contributed by atoms with Crippen LogP contribution < -0.4 is 25.4 Å². The van der Waals surface area contributed by atoms with E-state index in [2.05, 4.69) is 16.0 Å². The van der Waals surface area contributed by atoms with Crippen LogP contribution in [-0.2, 0) is 16.0 Å². The van der Waals surface area contributed by atoms with Crippen LogP contribution in [0.5, 0.6) is 11.5 Å². The maximum Gasteiger partial charge on any atom is 0.339 e. The number of alkyl halides is 3. The minimum absolute atomic E-state index is 0.00464. The van der Waals surface area contributed by atoms with Gasteiger partial charge in [-0.25, -0.2) is 4.79 Å². The lowest BCUT2D eigenvalue weighted by Gasteiger charge is -2.28. The van der Waals surface area contributed by atoms with Crippen molar-refractivity contribution in [2.24, 2.45) is 0 Å². The fourth-order valence-corrected chi connectivity index (χ4v) is 3.31. The molecule has 2 aromatic carbocycles. The predicted molar refractivity (Wildman–Crippen MR) is 133 cm³/mol. The van der Waals surface area contributed by atoms with Crippen LogP contribution in [0.15, 0.2) is 42.5 Å². The Balaban J connectivity index is 2.11. The van der Waals surface area contributed by atoms with E-state index in [0.29, 0.717) is 22.7 Å². The number of rotatable bonds is 8. The molecule has 0 aliphatic rings. The third kappa shape index (κ3) is 7.82. The molecule has 0 heterocycles. The summed E-state index contributed by atoms with van der Waals surface area (Å²) in [6, 6.07) is 11.6. The number of carbonyl (C=O) groups is 2. The second kappa shape index (κ2) is 12.1. The fraction of sp³-hybridized carbons (Fsp3) is 0.286. The van der Waals surface area contributed by atoms with Crippen LogP contribution in [0.25, 0.3) is 0 Å². The van der Waals surface area contributed by atoms with Crippen molar-refractivity contribution >= 4 is 69.7 Å². The van der Waals surface area contributed by atoms with E-state index in [-0.39, 0.29) is 17.1 Å². The van der Waals surface area contributed by atoms with Gasteiger partial charge in [0.25, 0.3) is 0 Å². The predicted octanol–water partition coefficient (Wildman–Crippen LogP) is 3.83. The lowest BCUT2D eigenvalue weighted by molar-refractivity contribution is -0.121. The van der Waals surface area contributed by atoms with Gasteiger partial charge in [0.15, 0.2) is 5.11 Å². The van der Waals surface area contributed by atoms with Gasteiger partial charge in [0.2, 0.25) is 9.70 Å². The highest BCUT2D eigenvalue weighted by molar-refractivity contribution is 7.80. The average molecular weight is 535 g/mol. The van der Waals surface area contributed by atoms with Crippen molar-refractivity contribution in [3.63, 3.8) is 0 Å². The topological polar surface area (TPSA) is 97.9 Å². The monoisotopic (exact) mass is 533 g/mol. The zero-order valence-corrected chi connectivity index (χ0v) is 21.0. The molecule has 1 atom stereocenters. The number of methoxy groups -OCH3 is 3. The molecule has 2 rings (SSSR count). The maximum absolute atomic E-state index is 12.7. The van der Waals surface area contributed by atoms with Crippen molar-refractivity contribution in [1.29, 1.82) is 0 Å². The van der Waals surface area contributed by atoms with Gasteiger partial charge in [-0.05, 0) is 30.4 Å². The quantitative estimate of drug-likeness (QED) is 0.203. The van der Waals surface area contributed by atoms with Crippen molar-refractivity contribution in [2.45, 2.75) is 16.4 Å². The number of halogens is 3. The fourth-order valence-electron chi connectivity index (χ4n) is 2.75. The number of benzene rings is 2. The number of nitrogens with one attached hydrogen (secondary N) is 3. The van der Waals surface area contributed by atoms with E-state index in [9.17, 15) is 9.59 Å². The summed E-state index contributed by atoms with van der Waals surface area (Å²) in [7, 11) is 4.28. The van der Waals surface area contributed by atoms with Crippen LogP contribution in [0.3, 0.4) is 0 Å². The molecule has 0 fully saturated rings. The molecular formula is C21H22Cl3N3O5S. The summed E-state index contributed by atoms with van der Waals surface area (Å²) >= 11 is 23.4. The van der Waals surface area contributed by atoms with E-state index in [1.54, 1.807) is 42.5 Å². The van der Waals surface area contributed by atoms with Crippen molar-refractivity contribution in [2.75, 3.05) is 26.6 Å². The van der Waals surface area contributed by atoms with Gasteiger partial charge in [0.1, 0.15) is 17.7 Å². The molecule has 3 N–H and O–H groups in total. The number of esters is 1. The first-order valence-electron chi connectivity index (χ1n) is 9.40. The molecule has 0 saturated heterocycles. The molecule has 0 spiro atoms. The minimum Gasteiger partial charge on any atom is -0.497 e. The largest absolute Gasteiger partial charge is 0.497 e. The molecule has 178 valence electrons. The normalized spacial score (nSPS) is 11.7. The van der Waals surface area contributed by atoms with Crippen LogP contribution in [0.1, 0.15) is 15.9 Å². The lowest BCUT2D eigenvalue weighted by atomic mass is 10.1. The minimum atomic E-state index is -1.95. The van der Waals surface area contributed by atoms with Gasteiger partial charge >= 0.3 is 5.97 Å². The third-order valence-electron chi connectivity index (χ3n) is 4.33. The molecule has 0 bridgehead atoms. The number of anilines is 1. The molecular weight excluding hydrogens is 513 g/mol. The molecule has 0 aliphatic heterocycles. The molecule has 1 unspecified atom stereocenters. The molecule has 0 saturated carbocycles. The summed E-state index contributed by atoms with van der Waals surface area (Å²) in [5.41, 5.74) is 1.23. The number of amides is 1. The van der Waals surface area contributed by atoms with Crippen LogP contribution in [0.2, 0.25) is 0 Å². The van der Waals surface area contributed by atoms with E-state index < -0.39 is 21.8 Å². The summed E-state index contributed by atoms with van der Waals surface area (Å²) in [4.78, 5) is 24.6. The Morgan fingerprint density at radius 1 is 1.03 bits per heavy atom. The maximum atomic E-state index is 12.7. The van der Waals surface area contributed by atoms with Gasteiger partial charge in [0, 0.05) is 11.6 Å². The second-order valence-corrected chi connectivity index (χ2v) is 9.31. The van der Waals surface area contributed by atoms with E-state index >= 15 is 0 Å². The first-order valence-corrected chi connectivity index (χ1v) is 10.9. The molecule has 1 amide bonds. The summed E-state index contributed by atoms with van der Waals surface area (Å²) in [5.74, 6) is 0.0422. The van der Waals surface area contributed by atoms with Gasteiger partial charge in [-0.2, -0.15) is 0 Å². The Morgan fingerprint density at radius 2 is 1.73 bits per heavy atom. The van der Waals surface area contributed by atoms with Crippen LogP contribution in [0, 0.1) is 0 Å². The smallest absolute Gasteiger partial charge is 0.339 e. The Morgan fingerprint density at radius 3 is 2.33 bits per heavy atom. The van der Waals surface area contributed by atoms with Gasteiger partial charge in [-0.3, -0.25) is 4.79 Å². The molecule has 0 aromatic heterocycles. The standard InChI is InChI=1S/C21H22Cl3N3O5S/c1-30-13-9-8-12(16(11-13)31-2)10-17(28)26-19(21(22,23)24)27-20(33)25-15-7-5-4-6-14(15)18(29)32-3/h4-9,11,19H,10H2,1-3H3,(H,26,28)(H2,25,27,33). The summed E-state index contributed by atoms with van der Waals surface area (Å²) in [6.07, 6.45) is -1.25. The highest BCUT2D eigenvalue weighted by Gasteiger charge is 2.35. The van der Waals surface area contributed by atoms with E-state index in [1.807, 2.05) is 0 Å². The van der Waals surface area contributed by atoms with Gasteiger partial charge < -0.3 is 30.2 Å². The molecule has 12 heteroatoms. The van der Waals surface area contributed by atoms with E-state index in [1.165, 1.54) is 21.3 Å².